The molecule has 2 atom stereocenters. The Labute approximate surface area is 143 Å². The van der Waals surface area contributed by atoms with Crippen molar-refractivity contribution in [2.45, 2.75) is 95.6 Å². The zero-order valence-corrected chi connectivity index (χ0v) is 15.1. The lowest BCUT2D eigenvalue weighted by Gasteiger charge is -2.42. The highest BCUT2D eigenvalue weighted by molar-refractivity contribution is 4.91. The molecule has 0 amide bonds. The Balaban J connectivity index is 1.30. The number of hydrogen-bond donors (Lipinski definition) is 1. The molecule has 0 bridgehead atoms. The van der Waals surface area contributed by atoms with Crippen LogP contribution in [0.1, 0.15) is 83.5 Å². The van der Waals surface area contributed by atoms with Crippen LogP contribution in [0.2, 0.25) is 0 Å². The third-order valence-electron chi connectivity index (χ3n) is 7.19. The van der Waals surface area contributed by atoms with Crippen LogP contribution in [0.25, 0.3) is 0 Å². The van der Waals surface area contributed by atoms with E-state index in [0.717, 1.165) is 29.8 Å². The fourth-order valence-electron chi connectivity index (χ4n) is 5.68. The summed E-state index contributed by atoms with van der Waals surface area (Å²) >= 11 is 0. The normalized spacial score (nSPS) is 35.0. The second-order valence-electron chi connectivity index (χ2n) is 9.28. The predicted molar refractivity (Wildman–Crippen MR) is 97.6 cm³/mol. The van der Waals surface area contributed by atoms with Crippen LogP contribution in [0.5, 0.6) is 0 Å². The van der Waals surface area contributed by atoms with Gasteiger partial charge in [0.05, 0.1) is 0 Å². The Hall–Kier alpha value is -0.0800. The first-order valence-corrected chi connectivity index (χ1v) is 10.8. The van der Waals surface area contributed by atoms with Gasteiger partial charge in [-0.2, -0.15) is 0 Å². The summed E-state index contributed by atoms with van der Waals surface area (Å²) in [6, 6.07) is 1.71. The second-order valence-corrected chi connectivity index (χ2v) is 9.28. The van der Waals surface area contributed by atoms with Crippen molar-refractivity contribution in [3.63, 3.8) is 0 Å². The molecule has 4 fully saturated rings. The van der Waals surface area contributed by atoms with Crippen molar-refractivity contribution < 1.29 is 0 Å². The van der Waals surface area contributed by atoms with Crippen LogP contribution >= 0.6 is 0 Å². The van der Waals surface area contributed by atoms with Crippen molar-refractivity contribution in [2.24, 2.45) is 17.8 Å². The molecule has 4 rings (SSSR count). The average molecular weight is 319 g/mol. The minimum Gasteiger partial charge on any atom is -0.312 e. The Bertz CT molecular complexity index is 353. The van der Waals surface area contributed by atoms with Gasteiger partial charge in [0.25, 0.3) is 0 Å². The SMILES string of the molecule is C1CCC(CNC2CC(CC3CC3)CN(C3CCCC3)C2)CC1. The molecule has 2 heteroatoms. The smallest absolute Gasteiger partial charge is 0.0198 e. The molecule has 2 unspecified atom stereocenters. The van der Waals surface area contributed by atoms with Crippen molar-refractivity contribution in [3.8, 4) is 0 Å². The van der Waals surface area contributed by atoms with Crippen LogP contribution in [-0.4, -0.2) is 36.6 Å². The van der Waals surface area contributed by atoms with E-state index in [1.54, 1.807) is 0 Å². The summed E-state index contributed by atoms with van der Waals surface area (Å²) in [4.78, 5) is 2.90. The minimum absolute atomic E-state index is 0.787. The van der Waals surface area contributed by atoms with E-state index >= 15 is 0 Å². The van der Waals surface area contributed by atoms with E-state index in [4.69, 9.17) is 0 Å². The van der Waals surface area contributed by atoms with Gasteiger partial charge in [-0.05, 0) is 62.8 Å². The van der Waals surface area contributed by atoms with Crippen LogP contribution in [0.4, 0.5) is 0 Å². The van der Waals surface area contributed by atoms with Gasteiger partial charge in [0.15, 0.2) is 0 Å². The second kappa shape index (κ2) is 7.87. The molecule has 1 aliphatic heterocycles. The molecule has 3 saturated carbocycles. The van der Waals surface area contributed by atoms with Crippen molar-refractivity contribution in [1.29, 1.82) is 0 Å². The van der Waals surface area contributed by atoms with Crippen LogP contribution in [0.15, 0.2) is 0 Å². The van der Waals surface area contributed by atoms with Gasteiger partial charge in [0.1, 0.15) is 0 Å². The van der Waals surface area contributed by atoms with Crippen molar-refractivity contribution in [3.05, 3.63) is 0 Å². The number of nitrogens with zero attached hydrogens (tertiary/aromatic N) is 1. The standard InChI is InChI=1S/C21H38N2/c1-2-6-18(7-3-1)14-22-20-13-19(12-17-10-11-17)15-23(16-20)21-8-4-5-9-21/h17-22H,1-16H2. The van der Waals surface area contributed by atoms with Gasteiger partial charge in [0, 0.05) is 25.2 Å². The summed E-state index contributed by atoms with van der Waals surface area (Å²) in [7, 11) is 0. The van der Waals surface area contributed by atoms with Gasteiger partial charge in [-0.3, -0.25) is 4.90 Å². The summed E-state index contributed by atoms with van der Waals surface area (Å²) in [5.74, 6) is 3.07. The average Bonchev–Trinajstić information content (AvgIpc) is 3.23. The largest absolute Gasteiger partial charge is 0.312 e. The molecule has 0 aromatic rings. The van der Waals surface area contributed by atoms with Crippen LogP contribution in [-0.2, 0) is 0 Å². The predicted octanol–water partition coefficient (Wildman–Crippen LogP) is 4.59. The Kier molecular flexibility index (Phi) is 5.61. The summed E-state index contributed by atoms with van der Waals surface area (Å²) in [5.41, 5.74) is 0. The van der Waals surface area contributed by atoms with Gasteiger partial charge in [-0.1, -0.05) is 44.9 Å². The van der Waals surface area contributed by atoms with Gasteiger partial charge in [-0.25, -0.2) is 0 Å². The van der Waals surface area contributed by atoms with E-state index in [9.17, 15) is 0 Å². The summed E-state index contributed by atoms with van der Waals surface area (Å²) in [5, 5.41) is 4.03. The monoisotopic (exact) mass is 318 g/mol. The molecule has 132 valence electrons. The molecule has 2 nitrogen and oxygen atoms in total. The van der Waals surface area contributed by atoms with Crippen LogP contribution in [0, 0.1) is 17.8 Å². The molecule has 0 spiro atoms. The number of likely N-dealkylation sites (tertiary alicyclic amines) is 1. The fraction of sp³-hybridized carbons (Fsp3) is 1.00. The van der Waals surface area contributed by atoms with Gasteiger partial charge in [-0.15, -0.1) is 0 Å². The quantitative estimate of drug-likeness (QED) is 0.770. The van der Waals surface area contributed by atoms with E-state index < -0.39 is 0 Å². The molecule has 23 heavy (non-hydrogen) atoms. The molecule has 1 saturated heterocycles. The van der Waals surface area contributed by atoms with Crippen molar-refractivity contribution in [1.82, 2.24) is 10.2 Å². The topological polar surface area (TPSA) is 15.3 Å². The Morgan fingerprint density at radius 3 is 2.17 bits per heavy atom. The van der Waals surface area contributed by atoms with Gasteiger partial charge >= 0.3 is 0 Å². The zero-order chi connectivity index (χ0) is 15.5. The maximum Gasteiger partial charge on any atom is 0.0198 e. The fourth-order valence-corrected chi connectivity index (χ4v) is 5.68. The Morgan fingerprint density at radius 2 is 1.43 bits per heavy atom. The lowest BCUT2D eigenvalue weighted by atomic mass is 9.87. The van der Waals surface area contributed by atoms with E-state index in [0.29, 0.717) is 0 Å². The summed E-state index contributed by atoms with van der Waals surface area (Å²) in [6.45, 7) is 4.07. The third-order valence-corrected chi connectivity index (χ3v) is 7.19. The molecule has 0 aromatic heterocycles. The molecular weight excluding hydrogens is 280 g/mol. The first kappa shape index (κ1) is 16.4. The molecule has 4 aliphatic rings. The first-order chi connectivity index (χ1) is 11.4. The van der Waals surface area contributed by atoms with Gasteiger partial charge < -0.3 is 5.32 Å². The number of rotatable bonds is 6. The summed E-state index contributed by atoms with van der Waals surface area (Å²) < 4.78 is 0. The van der Waals surface area contributed by atoms with E-state index in [2.05, 4.69) is 10.2 Å². The molecule has 0 aromatic carbocycles. The Morgan fingerprint density at radius 1 is 0.696 bits per heavy atom. The highest BCUT2D eigenvalue weighted by Gasteiger charge is 2.35. The highest BCUT2D eigenvalue weighted by Crippen LogP contribution is 2.39. The summed E-state index contributed by atoms with van der Waals surface area (Å²) in [6.07, 6.45) is 19.4. The maximum absolute atomic E-state index is 4.03. The lowest BCUT2D eigenvalue weighted by Crippen LogP contribution is -2.53. The number of hydrogen-bond acceptors (Lipinski definition) is 2. The molecule has 0 radical (unpaired) electrons. The molecule has 1 heterocycles. The zero-order valence-electron chi connectivity index (χ0n) is 15.1. The van der Waals surface area contributed by atoms with E-state index in [1.165, 1.54) is 103 Å². The van der Waals surface area contributed by atoms with Crippen LogP contribution in [0.3, 0.4) is 0 Å². The van der Waals surface area contributed by atoms with Crippen LogP contribution < -0.4 is 5.32 Å². The maximum atomic E-state index is 4.03. The first-order valence-electron chi connectivity index (χ1n) is 10.8. The highest BCUT2D eigenvalue weighted by atomic mass is 15.2. The van der Waals surface area contributed by atoms with Crippen molar-refractivity contribution in [2.75, 3.05) is 19.6 Å². The molecule has 3 aliphatic carbocycles. The minimum atomic E-state index is 0.787. The molecule has 1 N–H and O–H groups in total. The van der Waals surface area contributed by atoms with E-state index in [-0.39, 0.29) is 0 Å². The third kappa shape index (κ3) is 4.72. The number of piperidine rings is 1. The lowest BCUT2D eigenvalue weighted by molar-refractivity contribution is 0.0906. The molecular formula is C21H38N2. The van der Waals surface area contributed by atoms with Crippen molar-refractivity contribution >= 4 is 0 Å². The van der Waals surface area contributed by atoms with E-state index in [1.807, 2.05) is 0 Å². The van der Waals surface area contributed by atoms with Gasteiger partial charge in [0.2, 0.25) is 0 Å². The number of nitrogens with one attached hydrogen (secondary N) is 1.